The van der Waals surface area contributed by atoms with E-state index < -0.39 is 20.8 Å². The molecule has 0 aliphatic rings. The number of amides is 2. The maximum atomic E-state index is 9.38. The molecule has 0 fully saturated rings. The fourth-order valence-corrected chi connectivity index (χ4v) is 5.89. The first-order valence-electron chi connectivity index (χ1n) is 16.9. The molecule has 6 rings (SSSR count). The number of aryl methyl sites for hydroxylation is 2. The van der Waals surface area contributed by atoms with Gasteiger partial charge in [0, 0.05) is 0 Å². The summed E-state index contributed by atoms with van der Waals surface area (Å²) >= 11 is -0.826. The Bertz CT molecular complexity index is 1800. The molecular formula is C42H46BCl2N2O2Zr. The Morgan fingerprint density at radius 1 is 0.640 bits per heavy atom. The average molecular weight is 784 g/mol. The first-order valence-corrected chi connectivity index (χ1v) is 23.2. The summed E-state index contributed by atoms with van der Waals surface area (Å²) in [6.07, 6.45) is 3.29. The van der Waals surface area contributed by atoms with Crippen molar-refractivity contribution in [2.75, 3.05) is 0 Å². The molecule has 0 saturated heterocycles. The second-order valence-electron chi connectivity index (χ2n) is 12.2. The summed E-state index contributed by atoms with van der Waals surface area (Å²) in [5, 5.41) is 9.70. The zero-order valence-corrected chi connectivity index (χ0v) is 33.7. The minimum absolute atomic E-state index is 0.455. The molecule has 2 N–H and O–H groups in total. The van der Waals surface area contributed by atoms with Gasteiger partial charge in [0.2, 0.25) is 0 Å². The fourth-order valence-electron chi connectivity index (χ4n) is 5.89. The van der Waals surface area contributed by atoms with Crippen LogP contribution in [0.15, 0.2) is 109 Å². The third-order valence-corrected chi connectivity index (χ3v) is 9.08. The zero-order chi connectivity index (χ0) is 36.5. The first-order chi connectivity index (χ1) is 24.2. The monoisotopic (exact) mass is 781 g/mol. The van der Waals surface area contributed by atoms with E-state index in [0.717, 1.165) is 7.55 Å². The van der Waals surface area contributed by atoms with E-state index in [4.69, 9.17) is 17.0 Å². The molecule has 2 unspecified atom stereocenters. The van der Waals surface area contributed by atoms with E-state index in [0.29, 0.717) is 24.7 Å². The topological polar surface area (TPSA) is 58.2 Å². The Hall–Kier alpha value is -3.43. The van der Waals surface area contributed by atoms with Crippen molar-refractivity contribution in [1.82, 2.24) is 10.5 Å². The Morgan fingerprint density at radius 3 is 1.34 bits per heavy atom. The van der Waals surface area contributed by atoms with Gasteiger partial charge in [0.05, 0.1) is 0 Å². The molecule has 2 amide bonds. The van der Waals surface area contributed by atoms with E-state index in [1.165, 1.54) is 78.9 Å². The molecule has 2 atom stereocenters. The van der Waals surface area contributed by atoms with Crippen molar-refractivity contribution >= 4 is 58.9 Å². The molecule has 1 radical (unpaired) electrons. The van der Waals surface area contributed by atoms with E-state index in [9.17, 15) is 9.59 Å². The Labute approximate surface area is 317 Å². The Balaban J connectivity index is 0.000000214. The van der Waals surface area contributed by atoms with Gasteiger partial charge >= 0.3 is 45.4 Å². The Kier molecular flexibility index (Phi) is 17.8. The molecule has 0 spiro atoms. The summed E-state index contributed by atoms with van der Waals surface area (Å²) < 4.78 is 0. The van der Waals surface area contributed by atoms with Crippen LogP contribution in [0.5, 0.6) is 0 Å². The van der Waals surface area contributed by atoms with Crippen LogP contribution in [-0.4, -0.2) is 20.4 Å². The summed E-state index contributed by atoms with van der Waals surface area (Å²) in [5.74, 6) is 1.26. The minimum atomic E-state index is -0.826. The molecule has 50 heavy (non-hydrogen) atoms. The predicted octanol–water partition coefficient (Wildman–Crippen LogP) is 11.5. The normalized spacial score (nSPS) is 11.3. The first kappa shape index (κ1) is 41.0. The van der Waals surface area contributed by atoms with Gasteiger partial charge in [-0.2, -0.15) is 12.1 Å². The standard InChI is InChI=1S/2C20H21.C2H4BN2O2.2ClH.Zr/c2*1-4-14(2)17-12-16-9-7-11-19(20(16)13-17)18-10-6-5-8-15(18)3;6-1-4-3-5-2-7;;;/h2*5-14H,4H2,1-3H3;1-2H,(H,4,6)(H,5,7);2*1H;/q2*-1;;;;+4/p-2. The SMILES string of the molecule is CCC(C)c1cc2c(-c3ccccc3C)cccc2[cH-]1.CCC(C)c1cc2c(-c3ccccc3C)cccc2[cH-]1.O=CN[B]NC=O.[Cl][Zr+2][Cl]. The van der Waals surface area contributed by atoms with Crippen LogP contribution in [0.25, 0.3) is 43.8 Å². The van der Waals surface area contributed by atoms with Crippen LogP contribution in [0.3, 0.4) is 0 Å². The van der Waals surface area contributed by atoms with Crippen molar-refractivity contribution in [1.29, 1.82) is 0 Å². The van der Waals surface area contributed by atoms with E-state index in [-0.39, 0.29) is 0 Å². The zero-order valence-electron chi connectivity index (χ0n) is 29.8. The number of hydrogen-bond acceptors (Lipinski definition) is 2. The molecule has 0 saturated carbocycles. The van der Waals surface area contributed by atoms with Gasteiger partial charge in [0.25, 0.3) is 0 Å². The summed E-state index contributed by atoms with van der Waals surface area (Å²) in [7, 11) is 11.0. The van der Waals surface area contributed by atoms with Gasteiger partial charge in [-0.15, -0.1) is 69.1 Å². The van der Waals surface area contributed by atoms with E-state index in [1.807, 2.05) is 0 Å². The second kappa shape index (κ2) is 21.7. The molecule has 0 bridgehead atoms. The van der Waals surface area contributed by atoms with E-state index >= 15 is 0 Å². The Morgan fingerprint density at radius 2 is 1.00 bits per heavy atom. The van der Waals surface area contributed by atoms with Gasteiger partial charge in [-0.3, -0.25) is 9.59 Å². The third-order valence-electron chi connectivity index (χ3n) is 9.08. The molecule has 257 valence electrons. The second-order valence-corrected chi connectivity index (χ2v) is 16.0. The van der Waals surface area contributed by atoms with Crippen LogP contribution in [0, 0.1) is 13.8 Å². The van der Waals surface area contributed by atoms with Crippen LogP contribution < -0.4 is 10.5 Å². The van der Waals surface area contributed by atoms with Gasteiger partial charge < -0.3 is 10.5 Å². The van der Waals surface area contributed by atoms with Crippen molar-refractivity contribution in [2.45, 2.75) is 66.2 Å². The number of benzene rings is 4. The van der Waals surface area contributed by atoms with Crippen LogP contribution in [-0.2, 0) is 30.4 Å². The average Bonchev–Trinajstić information content (AvgIpc) is 3.78. The molecule has 4 nitrogen and oxygen atoms in total. The number of hydrogen-bond donors (Lipinski definition) is 2. The van der Waals surface area contributed by atoms with Gasteiger partial charge in [-0.1, -0.05) is 112 Å². The van der Waals surface area contributed by atoms with Crippen LogP contribution in [0.2, 0.25) is 0 Å². The third kappa shape index (κ3) is 11.3. The predicted molar refractivity (Wildman–Crippen MR) is 213 cm³/mol. The van der Waals surface area contributed by atoms with Gasteiger partial charge in [0.15, 0.2) is 12.8 Å². The van der Waals surface area contributed by atoms with Crippen molar-refractivity contribution in [3.63, 3.8) is 0 Å². The van der Waals surface area contributed by atoms with Crippen molar-refractivity contribution < 1.29 is 30.4 Å². The van der Waals surface area contributed by atoms with E-state index in [2.05, 4.69) is 161 Å². The van der Waals surface area contributed by atoms with Crippen molar-refractivity contribution in [2.24, 2.45) is 0 Å². The maximum absolute atomic E-state index is 9.38. The molecule has 0 aliphatic carbocycles. The number of carbonyl (C=O) groups is 2. The molecule has 0 aromatic heterocycles. The van der Waals surface area contributed by atoms with Crippen molar-refractivity contribution in [3.8, 4) is 22.3 Å². The molecule has 6 aromatic rings. The molecule has 6 aromatic carbocycles. The van der Waals surface area contributed by atoms with Crippen LogP contribution in [0.4, 0.5) is 0 Å². The van der Waals surface area contributed by atoms with Gasteiger partial charge in [-0.05, 0) is 47.9 Å². The molecule has 8 heteroatoms. The summed E-state index contributed by atoms with van der Waals surface area (Å²) in [4.78, 5) is 18.8. The molecular weight excluding hydrogens is 737 g/mol. The van der Waals surface area contributed by atoms with E-state index in [1.54, 1.807) is 0 Å². The summed E-state index contributed by atoms with van der Waals surface area (Å²) in [6.45, 7) is 13.5. The number of halogens is 2. The summed E-state index contributed by atoms with van der Waals surface area (Å²) in [6, 6.07) is 40.0. The number of fused-ring (bicyclic) bond motifs is 2. The number of carbonyl (C=O) groups excluding carboxylic acids is 2. The van der Waals surface area contributed by atoms with Gasteiger partial charge in [0.1, 0.15) is 0 Å². The van der Waals surface area contributed by atoms with Crippen molar-refractivity contribution in [3.05, 3.63) is 131 Å². The quantitative estimate of drug-likeness (QED) is 0.0629. The van der Waals surface area contributed by atoms with Crippen LogP contribution in [0.1, 0.15) is 74.6 Å². The fraction of sp³-hybridized carbons (Fsp3) is 0.238. The molecule has 0 aliphatic heterocycles. The molecule has 0 heterocycles. The summed E-state index contributed by atoms with van der Waals surface area (Å²) in [5.41, 5.74) is 11.0. The number of nitrogens with one attached hydrogen (secondary N) is 2. The number of rotatable bonds is 10. The van der Waals surface area contributed by atoms with Crippen LogP contribution >= 0.6 is 17.0 Å². The van der Waals surface area contributed by atoms with Gasteiger partial charge in [-0.25, -0.2) is 0 Å².